The molecule has 1 amide bonds. The number of fused-ring (bicyclic) bond motifs is 1. The highest BCUT2D eigenvalue weighted by molar-refractivity contribution is 7.20. The van der Waals surface area contributed by atoms with Crippen molar-refractivity contribution in [2.45, 2.75) is 39.5 Å². The molecule has 7 heteroatoms. The first-order valence-electron chi connectivity index (χ1n) is 9.10. The van der Waals surface area contributed by atoms with Crippen molar-refractivity contribution in [2.24, 2.45) is 0 Å². The van der Waals surface area contributed by atoms with Gasteiger partial charge < -0.3 is 5.32 Å². The van der Waals surface area contributed by atoms with E-state index in [-0.39, 0.29) is 11.3 Å². The molecule has 0 unspecified atom stereocenters. The van der Waals surface area contributed by atoms with Gasteiger partial charge >= 0.3 is 0 Å². The second kappa shape index (κ2) is 7.14. The number of carbonyl (C=O) groups excluding carboxylic acids is 1. The summed E-state index contributed by atoms with van der Waals surface area (Å²) in [5.41, 5.74) is 3.14. The molecular weight excluding hydrogens is 388 g/mol. The van der Waals surface area contributed by atoms with E-state index in [0.717, 1.165) is 25.9 Å². The average molecular weight is 411 g/mol. The second-order valence-electron chi connectivity index (χ2n) is 7.82. The Labute approximate surface area is 172 Å². The third kappa shape index (κ3) is 3.86. The SMILES string of the molecule is Cc1cc(NC(=O)Cc2cccs2)n(-c2nc3ccc(C(C)(C)C)cc3s2)n1. The van der Waals surface area contributed by atoms with Crippen LogP contribution in [0.5, 0.6) is 0 Å². The highest BCUT2D eigenvalue weighted by Crippen LogP contribution is 2.31. The van der Waals surface area contributed by atoms with Gasteiger partial charge in [0, 0.05) is 10.9 Å². The molecule has 0 saturated carbocycles. The molecular formula is C21H22N4OS2. The lowest BCUT2D eigenvalue weighted by atomic mass is 9.87. The molecule has 1 aromatic carbocycles. The number of benzene rings is 1. The number of amides is 1. The van der Waals surface area contributed by atoms with Crippen LogP contribution < -0.4 is 5.32 Å². The van der Waals surface area contributed by atoms with E-state index in [4.69, 9.17) is 4.98 Å². The Bertz CT molecular complexity index is 1130. The first-order chi connectivity index (χ1) is 13.3. The summed E-state index contributed by atoms with van der Waals surface area (Å²) < 4.78 is 2.84. The normalized spacial score (nSPS) is 11.9. The van der Waals surface area contributed by atoms with Gasteiger partial charge in [0.1, 0.15) is 5.82 Å². The van der Waals surface area contributed by atoms with Gasteiger partial charge in [-0.25, -0.2) is 4.98 Å². The summed E-state index contributed by atoms with van der Waals surface area (Å²) in [6, 6.07) is 12.2. The van der Waals surface area contributed by atoms with Crippen LogP contribution in [0.15, 0.2) is 41.8 Å². The van der Waals surface area contributed by atoms with Crippen LogP contribution in [0.4, 0.5) is 5.82 Å². The summed E-state index contributed by atoms with van der Waals surface area (Å²) in [6.45, 7) is 8.52. The van der Waals surface area contributed by atoms with Gasteiger partial charge in [-0.05, 0) is 41.5 Å². The molecule has 0 atom stereocenters. The van der Waals surface area contributed by atoms with Gasteiger partial charge in [-0.3, -0.25) is 4.79 Å². The topological polar surface area (TPSA) is 59.8 Å². The molecule has 3 aromatic heterocycles. The fourth-order valence-electron chi connectivity index (χ4n) is 2.96. The number of aryl methyl sites for hydroxylation is 1. The fraction of sp³-hybridized carbons (Fsp3) is 0.286. The van der Waals surface area contributed by atoms with Crippen LogP contribution in [0.2, 0.25) is 0 Å². The summed E-state index contributed by atoms with van der Waals surface area (Å²) >= 11 is 3.16. The average Bonchev–Trinajstić information content (AvgIpc) is 3.32. The van der Waals surface area contributed by atoms with E-state index < -0.39 is 0 Å². The number of thiophene rings is 1. The molecule has 5 nitrogen and oxygen atoms in total. The maximum atomic E-state index is 12.4. The van der Waals surface area contributed by atoms with E-state index in [0.29, 0.717) is 12.2 Å². The molecule has 28 heavy (non-hydrogen) atoms. The van der Waals surface area contributed by atoms with Crippen LogP contribution in [0.3, 0.4) is 0 Å². The van der Waals surface area contributed by atoms with Crippen molar-refractivity contribution < 1.29 is 4.79 Å². The molecule has 1 N–H and O–H groups in total. The van der Waals surface area contributed by atoms with Gasteiger partial charge in [0.05, 0.1) is 22.3 Å². The van der Waals surface area contributed by atoms with Gasteiger partial charge in [-0.1, -0.05) is 44.2 Å². The monoisotopic (exact) mass is 410 g/mol. The Morgan fingerprint density at radius 3 is 2.75 bits per heavy atom. The zero-order valence-electron chi connectivity index (χ0n) is 16.3. The quantitative estimate of drug-likeness (QED) is 0.495. The van der Waals surface area contributed by atoms with Gasteiger partial charge in [0.25, 0.3) is 0 Å². The minimum Gasteiger partial charge on any atom is -0.310 e. The summed E-state index contributed by atoms with van der Waals surface area (Å²) in [5.74, 6) is 0.592. The predicted octanol–water partition coefficient (Wildman–Crippen LogP) is 5.33. The van der Waals surface area contributed by atoms with Crippen LogP contribution in [-0.2, 0) is 16.6 Å². The molecule has 0 aliphatic rings. The smallest absolute Gasteiger partial charge is 0.230 e. The van der Waals surface area contributed by atoms with Gasteiger partial charge in [-0.15, -0.1) is 11.3 Å². The lowest BCUT2D eigenvalue weighted by Gasteiger charge is -2.18. The summed E-state index contributed by atoms with van der Waals surface area (Å²) in [7, 11) is 0. The Balaban J connectivity index is 1.65. The van der Waals surface area contributed by atoms with E-state index >= 15 is 0 Å². The van der Waals surface area contributed by atoms with E-state index in [9.17, 15) is 4.79 Å². The maximum absolute atomic E-state index is 12.4. The Morgan fingerprint density at radius 2 is 2.04 bits per heavy atom. The maximum Gasteiger partial charge on any atom is 0.230 e. The van der Waals surface area contributed by atoms with Crippen molar-refractivity contribution in [2.75, 3.05) is 5.32 Å². The molecule has 0 aliphatic carbocycles. The first kappa shape index (κ1) is 18.8. The van der Waals surface area contributed by atoms with Crippen LogP contribution in [-0.4, -0.2) is 20.7 Å². The predicted molar refractivity (Wildman–Crippen MR) is 117 cm³/mol. The van der Waals surface area contributed by atoms with Crippen molar-refractivity contribution in [3.8, 4) is 5.13 Å². The van der Waals surface area contributed by atoms with Crippen LogP contribution in [0, 0.1) is 6.92 Å². The van der Waals surface area contributed by atoms with E-state index in [1.165, 1.54) is 5.56 Å². The lowest BCUT2D eigenvalue weighted by molar-refractivity contribution is -0.115. The van der Waals surface area contributed by atoms with E-state index in [2.05, 4.69) is 49.4 Å². The van der Waals surface area contributed by atoms with Crippen molar-refractivity contribution in [3.05, 3.63) is 57.9 Å². The number of hydrogen-bond donors (Lipinski definition) is 1. The first-order valence-corrected chi connectivity index (χ1v) is 10.8. The largest absolute Gasteiger partial charge is 0.310 e. The summed E-state index contributed by atoms with van der Waals surface area (Å²) in [5, 5.41) is 10.3. The molecule has 3 heterocycles. The molecule has 4 rings (SSSR count). The number of anilines is 1. The van der Waals surface area contributed by atoms with Crippen molar-refractivity contribution in [1.29, 1.82) is 0 Å². The highest BCUT2D eigenvalue weighted by Gasteiger charge is 2.18. The molecule has 4 aromatic rings. The number of nitrogens with zero attached hydrogens (tertiary/aromatic N) is 3. The third-order valence-electron chi connectivity index (χ3n) is 4.44. The van der Waals surface area contributed by atoms with Crippen molar-refractivity contribution in [3.63, 3.8) is 0 Å². The van der Waals surface area contributed by atoms with Crippen molar-refractivity contribution in [1.82, 2.24) is 14.8 Å². The molecule has 0 bridgehead atoms. The lowest BCUT2D eigenvalue weighted by Crippen LogP contribution is -2.16. The molecule has 0 fully saturated rings. The molecule has 0 saturated heterocycles. The number of aromatic nitrogens is 3. The Hall–Kier alpha value is -2.51. The molecule has 0 aliphatic heterocycles. The van der Waals surface area contributed by atoms with Crippen LogP contribution in [0.1, 0.15) is 36.9 Å². The highest BCUT2D eigenvalue weighted by atomic mass is 32.1. The Morgan fingerprint density at radius 1 is 1.21 bits per heavy atom. The molecule has 0 spiro atoms. The number of hydrogen-bond acceptors (Lipinski definition) is 5. The standard InChI is InChI=1S/C21H22N4OS2/c1-13-10-18(23-19(26)12-15-6-5-9-27-15)25(24-13)20-22-16-8-7-14(21(2,3)4)11-17(16)28-20/h5-11H,12H2,1-4H3,(H,23,26). The second-order valence-corrected chi connectivity index (χ2v) is 9.86. The summed E-state index contributed by atoms with van der Waals surface area (Å²) in [4.78, 5) is 18.2. The van der Waals surface area contributed by atoms with E-state index in [1.54, 1.807) is 27.4 Å². The van der Waals surface area contributed by atoms with Crippen LogP contribution in [0.25, 0.3) is 15.3 Å². The zero-order valence-corrected chi connectivity index (χ0v) is 17.9. The molecule has 144 valence electrons. The number of carbonyl (C=O) groups is 1. The van der Waals surface area contributed by atoms with Crippen molar-refractivity contribution >= 4 is 44.6 Å². The van der Waals surface area contributed by atoms with E-state index in [1.807, 2.05) is 30.5 Å². The Kier molecular flexibility index (Phi) is 4.81. The minimum atomic E-state index is -0.0558. The number of nitrogens with one attached hydrogen (secondary N) is 1. The number of rotatable bonds is 4. The van der Waals surface area contributed by atoms with Gasteiger partial charge in [-0.2, -0.15) is 9.78 Å². The molecule has 0 radical (unpaired) electrons. The van der Waals surface area contributed by atoms with Gasteiger partial charge in [0.2, 0.25) is 11.0 Å². The van der Waals surface area contributed by atoms with Gasteiger partial charge in [0.15, 0.2) is 0 Å². The minimum absolute atomic E-state index is 0.0558. The zero-order chi connectivity index (χ0) is 19.9. The number of thiazole rings is 1. The third-order valence-corrected chi connectivity index (χ3v) is 6.31. The van der Waals surface area contributed by atoms with Crippen LogP contribution >= 0.6 is 22.7 Å². The summed E-state index contributed by atoms with van der Waals surface area (Å²) in [6.07, 6.45) is 0.358. The fourth-order valence-corrected chi connectivity index (χ4v) is 4.64.